The van der Waals surface area contributed by atoms with Crippen LogP contribution in [0.3, 0.4) is 0 Å². The number of carbonyl (C=O) groups excluding carboxylic acids is 3. The summed E-state index contributed by atoms with van der Waals surface area (Å²) in [5, 5.41) is 5.02. The number of nitrogens with one attached hydrogen (secondary N) is 1. The number of thiazole rings is 1. The molecule has 0 unspecified atom stereocenters. The first-order valence-electron chi connectivity index (χ1n) is 9.48. The average molecular weight is 469 g/mol. The fourth-order valence-corrected chi connectivity index (χ4v) is 6.50. The van der Waals surface area contributed by atoms with E-state index in [0.29, 0.717) is 22.9 Å². The number of anilines is 1. The van der Waals surface area contributed by atoms with Crippen LogP contribution in [0.4, 0.5) is 5.13 Å². The maximum atomic E-state index is 12.8. The summed E-state index contributed by atoms with van der Waals surface area (Å²) >= 11 is 2.60. The number of nitrogens with zero attached hydrogens (tertiary/aromatic N) is 3. The molecule has 2 aromatic heterocycles. The van der Waals surface area contributed by atoms with Crippen molar-refractivity contribution in [3.8, 4) is 0 Å². The summed E-state index contributed by atoms with van der Waals surface area (Å²) in [7, 11) is -3.64. The molecule has 9 nitrogen and oxygen atoms in total. The highest BCUT2D eigenvalue weighted by atomic mass is 32.2. The van der Waals surface area contributed by atoms with Gasteiger partial charge in [-0.05, 0) is 17.9 Å². The molecule has 1 fully saturated rings. The molecule has 0 saturated carbocycles. The van der Waals surface area contributed by atoms with Gasteiger partial charge in [0.2, 0.25) is 21.8 Å². The molecule has 2 aromatic rings. The van der Waals surface area contributed by atoms with E-state index in [2.05, 4.69) is 10.3 Å². The SMILES string of the molecule is O=C(Nc1nc2c(s1)CN(S(=O)(=O)CCN1C(=O)CCCC1=O)CC2)c1cccs1. The van der Waals surface area contributed by atoms with Gasteiger partial charge in [0.25, 0.3) is 5.91 Å². The number of aromatic nitrogens is 1. The van der Waals surface area contributed by atoms with Crippen molar-refractivity contribution >= 4 is 55.5 Å². The van der Waals surface area contributed by atoms with Crippen molar-refractivity contribution in [2.75, 3.05) is 24.2 Å². The third-order valence-electron chi connectivity index (χ3n) is 5.01. The van der Waals surface area contributed by atoms with E-state index in [9.17, 15) is 22.8 Å². The summed E-state index contributed by atoms with van der Waals surface area (Å²) in [6.07, 6.45) is 1.52. The molecule has 0 bridgehead atoms. The molecule has 0 atom stereocenters. The highest BCUT2D eigenvalue weighted by Crippen LogP contribution is 2.30. The summed E-state index contributed by atoms with van der Waals surface area (Å²) < 4.78 is 26.9. The van der Waals surface area contributed by atoms with Crippen molar-refractivity contribution in [2.45, 2.75) is 32.2 Å². The molecule has 1 saturated heterocycles. The normalized spacial score (nSPS) is 17.8. The van der Waals surface area contributed by atoms with Gasteiger partial charge in [-0.15, -0.1) is 22.7 Å². The molecular formula is C18H20N4O5S3. The first-order valence-corrected chi connectivity index (χ1v) is 12.8. The van der Waals surface area contributed by atoms with E-state index < -0.39 is 10.0 Å². The van der Waals surface area contributed by atoms with E-state index in [-0.39, 0.29) is 56.0 Å². The number of thiophene rings is 1. The summed E-state index contributed by atoms with van der Waals surface area (Å²) in [5.74, 6) is -1.15. The zero-order valence-electron chi connectivity index (χ0n) is 16.0. The van der Waals surface area contributed by atoms with Crippen LogP contribution in [0.25, 0.3) is 0 Å². The molecule has 0 aliphatic carbocycles. The number of hydrogen-bond donors (Lipinski definition) is 1. The van der Waals surface area contributed by atoms with Crippen LogP contribution in [-0.4, -0.2) is 59.2 Å². The molecular weight excluding hydrogens is 448 g/mol. The fourth-order valence-electron chi connectivity index (χ4n) is 3.41. The van der Waals surface area contributed by atoms with Gasteiger partial charge in [0.05, 0.1) is 16.3 Å². The Kier molecular flexibility index (Phi) is 6.00. The number of hydrogen-bond acceptors (Lipinski definition) is 8. The zero-order valence-corrected chi connectivity index (χ0v) is 18.4. The van der Waals surface area contributed by atoms with Gasteiger partial charge in [-0.25, -0.2) is 13.4 Å². The molecule has 160 valence electrons. The van der Waals surface area contributed by atoms with Gasteiger partial charge in [-0.3, -0.25) is 24.6 Å². The second-order valence-corrected chi connectivity index (χ2v) is 11.1. The topological polar surface area (TPSA) is 117 Å². The maximum absolute atomic E-state index is 12.8. The number of amides is 3. The third-order valence-corrected chi connectivity index (χ3v) is 8.67. The molecule has 12 heteroatoms. The van der Waals surface area contributed by atoms with E-state index in [4.69, 9.17) is 0 Å². The Morgan fingerprint density at radius 1 is 1.20 bits per heavy atom. The molecule has 0 aromatic carbocycles. The smallest absolute Gasteiger partial charge is 0.267 e. The Balaban J connectivity index is 1.39. The largest absolute Gasteiger partial charge is 0.297 e. The molecule has 3 amide bonds. The molecule has 2 aliphatic heterocycles. The molecule has 4 heterocycles. The highest BCUT2D eigenvalue weighted by molar-refractivity contribution is 7.89. The molecule has 1 N–H and O–H groups in total. The van der Waals surface area contributed by atoms with Crippen LogP contribution in [0, 0.1) is 0 Å². The summed E-state index contributed by atoms with van der Waals surface area (Å²) in [5.41, 5.74) is 0.786. The van der Waals surface area contributed by atoms with Gasteiger partial charge >= 0.3 is 0 Å². The van der Waals surface area contributed by atoms with E-state index in [1.54, 1.807) is 12.1 Å². The van der Waals surface area contributed by atoms with E-state index in [0.717, 1.165) is 15.5 Å². The number of rotatable bonds is 6. The monoisotopic (exact) mass is 468 g/mol. The number of sulfonamides is 1. The summed E-state index contributed by atoms with van der Waals surface area (Å²) in [4.78, 5) is 42.8. The molecule has 4 rings (SSSR count). The van der Waals surface area contributed by atoms with Gasteiger partial charge in [0.1, 0.15) is 0 Å². The van der Waals surface area contributed by atoms with Crippen LogP contribution in [0.1, 0.15) is 39.5 Å². The second kappa shape index (κ2) is 8.53. The lowest BCUT2D eigenvalue weighted by Gasteiger charge is -2.28. The minimum absolute atomic E-state index is 0.117. The van der Waals surface area contributed by atoms with Crippen LogP contribution in [0.15, 0.2) is 17.5 Å². The number of likely N-dealkylation sites (tertiary alicyclic amines) is 1. The molecule has 0 radical (unpaired) electrons. The first kappa shape index (κ1) is 21.1. The molecule has 30 heavy (non-hydrogen) atoms. The lowest BCUT2D eigenvalue weighted by Crippen LogP contribution is -2.45. The molecule has 2 aliphatic rings. The van der Waals surface area contributed by atoms with Crippen molar-refractivity contribution in [1.29, 1.82) is 0 Å². The Hall–Kier alpha value is -2.15. The zero-order chi connectivity index (χ0) is 21.3. The summed E-state index contributed by atoms with van der Waals surface area (Å²) in [6.45, 7) is 0.333. The first-order chi connectivity index (χ1) is 14.3. The minimum atomic E-state index is -3.64. The highest BCUT2D eigenvalue weighted by Gasteiger charge is 2.32. The number of imide groups is 1. The van der Waals surface area contributed by atoms with Crippen LogP contribution >= 0.6 is 22.7 Å². The van der Waals surface area contributed by atoms with Crippen molar-refractivity contribution in [3.63, 3.8) is 0 Å². The van der Waals surface area contributed by atoms with Gasteiger partial charge < -0.3 is 0 Å². The number of piperidine rings is 1. The van der Waals surface area contributed by atoms with Gasteiger partial charge in [0, 0.05) is 43.8 Å². The Morgan fingerprint density at radius 3 is 2.67 bits per heavy atom. The summed E-state index contributed by atoms with van der Waals surface area (Å²) in [6, 6.07) is 3.51. The predicted molar refractivity (Wildman–Crippen MR) is 113 cm³/mol. The Labute approximate surface area is 181 Å². The third kappa shape index (κ3) is 4.46. The van der Waals surface area contributed by atoms with Gasteiger partial charge in [-0.1, -0.05) is 6.07 Å². The van der Waals surface area contributed by atoms with E-state index >= 15 is 0 Å². The lowest BCUT2D eigenvalue weighted by molar-refractivity contribution is -0.147. The number of fused-ring (bicyclic) bond motifs is 1. The second-order valence-electron chi connectivity index (χ2n) is 7.01. The fraction of sp³-hybridized carbons (Fsp3) is 0.444. The van der Waals surface area contributed by atoms with Crippen molar-refractivity contribution < 1.29 is 22.8 Å². The Bertz CT molecular complexity index is 1060. The Morgan fingerprint density at radius 2 is 1.97 bits per heavy atom. The van der Waals surface area contributed by atoms with Crippen LogP contribution in [-0.2, 0) is 32.6 Å². The maximum Gasteiger partial charge on any atom is 0.267 e. The van der Waals surface area contributed by atoms with Crippen LogP contribution < -0.4 is 5.32 Å². The lowest BCUT2D eigenvalue weighted by atomic mass is 10.1. The number of carbonyl (C=O) groups is 3. The predicted octanol–water partition coefficient (Wildman–Crippen LogP) is 1.68. The van der Waals surface area contributed by atoms with E-state index in [1.165, 1.54) is 27.0 Å². The van der Waals surface area contributed by atoms with Gasteiger partial charge in [-0.2, -0.15) is 4.31 Å². The molecule has 0 spiro atoms. The van der Waals surface area contributed by atoms with Crippen LogP contribution in [0.5, 0.6) is 0 Å². The van der Waals surface area contributed by atoms with Crippen molar-refractivity contribution in [2.24, 2.45) is 0 Å². The van der Waals surface area contributed by atoms with Crippen LogP contribution in [0.2, 0.25) is 0 Å². The quantitative estimate of drug-likeness (QED) is 0.645. The van der Waals surface area contributed by atoms with Crippen molar-refractivity contribution in [1.82, 2.24) is 14.2 Å². The standard InChI is InChI=1S/C18H20N4O5S3/c23-15-4-1-5-16(24)22(15)8-10-30(26,27)21-7-6-12-14(11-21)29-18(19-12)20-17(25)13-3-2-9-28-13/h2-3,9H,1,4-8,10-11H2,(H,19,20,25). The average Bonchev–Trinajstić information content (AvgIpc) is 3.36. The van der Waals surface area contributed by atoms with Gasteiger partial charge in [0.15, 0.2) is 5.13 Å². The van der Waals surface area contributed by atoms with E-state index in [1.807, 2.05) is 5.38 Å². The minimum Gasteiger partial charge on any atom is -0.297 e. The van der Waals surface area contributed by atoms with Crippen molar-refractivity contribution in [3.05, 3.63) is 33.0 Å².